The van der Waals surface area contributed by atoms with E-state index >= 15 is 0 Å². The summed E-state index contributed by atoms with van der Waals surface area (Å²) in [4.78, 5) is 0. The Kier molecular flexibility index (Phi) is 3.19. The molecule has 1 aliphatic heterocycles. The van der Waals surface area contributed by atoms with E-state index in [0.29, 0.717) is 18.6 Å². The molecule has 0 aliphatic carbocycles. The third-order valence-electron chi connectivity index (χ3n) is 2.88. The second-order valence-electron chi connectivity index (χ2n) is 4.17. The van der Waals surface area contributed by atoms with Crippen molar-refractivity contribution in [3.63, 3.8) is 0 Å². The third-order valence-corrected chi connectivity index (χ3v) is 3.77. The van der Waals surface area contributed by atoms with Gasteiger partial charge in [0.1, 0.15) is 0 Å². The second-order valence-corrected chi connectivity index (χ2v) is 5.65. The summed E-state index contributed by atoms with van der Waals surface area (Å²) in [6, 6.07) is 7.38. The summed E-state index contributed by atoms with van der Waals surface area (Å²) in [6.07, 6.45) is 1.27. The van der Waals surface area contributed by atoms with E-state index in [-0.39, 0.29) is 0 Å². The molecule has 16 heavy (non-hydrogen) atoms. The first kappa shape index (κ1) is 12.2. The fraction of sp³-hybridized carbons (Fsp3) is 0.500. The summed E-state index contributed by atoms with van der Waals surface area (Å²) in [5, 5.41) is 10.5. The average Bonchev–Trinajstić information content (AvgIpc) is 2.23. The predicted molar refractivity (Wildman–Crippen MR) is 64.7 cm³/mol. The van der Waals surface area contributed by atoms with E-state index < -0.39 is 10.1 Å². The van der Waals surface area contributed by atoms with Crippen molar-refractivity contribution in [3.05, 3.63) is 35.4 Å². The first-order chi connectivity index (χ1) is 7.46. The molecule has 1 N–H and O–H groups in total. The lowest BCUT2D eigenvalue weighted by molar-refractivity contribution is -0.239. The number of hydrogen-bond donors (Lipinski definition) is 1. The van der Waals surface area contributed by atoms with Crippen molar-refractivity contribution in [2.24, 2.45) is 0 Å². The number of benzene rings is 1. The number of aryl methyl sites for hydroxylation is 1. The summed E-state index contributed by atoms with van der Waals surface area (Å²) in [6.45, 7) is 2.44. The molecule has 0 amide bonds. The standard InChI is InChI=1S/C12H14Cl2O2/c1-9-3-5-10(6-4-9)12(15)11(13,14)7-2-8-16-12/h3-6,15H,2,7-8H2,1H3. The van der Waals surface area contributed by atoms with Gasteiger partial charge in [-0.15, -0.1) is 0 Å². The maximum absolute atomic E-state index is 10.5. The van der Waals surface area contributed by atoms with Crippen molar-refractivity contribution < 1.29 is 9.84 Å². The molecule has 2 rings (SSSR count). The molecule has 1 aliphatic rings. The van der Waals surface area contributed by atoms with Gasteiger partial charge in [-0.1, -0.05) is 53.0 Å². The van der Waals surface area contributed by atoms with Gasteiger partial charge in [0.2, 0.25) is 5.79 Å². The Hall–Kier alpha value is -0.280. The molecule has 4 heteroatoms. The van der Waals surface area contributed by atoms with Gasteiger partial charge in [-0.3, -0.25) is 0 Å². The van der Waals surface area contributed by atoms with Gasteiger partial charge in [0, 0.05) is 5.56 Å². The summed E-state index contributed by atoms with van der Waals surface area (Å²) in [5.74, 6) is -1.61. The number of alkyl halides is 2. The molecular weight excluding hydrogens is 247 g/mol. The van der Waals surface area contributed by atoms with Crippen LogP contribution in [0.1, 0.15) is 24.0 Å². The van der Waals surface area contributed by atoms with Crippen LogP contribution in [-0.4, -0.2) is 16.0 Å². The Morgan fingerprint density at radius 3 is 2.44 bits per heavy atom. The lowest BCUT2D eigenvalue weighted by Crippen LogP contribution is -2.49. The van der Waals surface area contributed by atoms with E-state index in [1.807, 2.05) is 19.1 Å². The van der Waals surface area contributed by atoms with Gasteiger partial charge in [0.15, 0.2) is 4.33 Å². The Bertz CT molecular complexity index is 375. The van der Waals surface area contributed by atoms with E-state index in [0.717, 1.165) is 12.0 Å². The molecule has 1 unspecified atom stereocenters. The minimum absolute atomic E-state index is 0.464. The highest BCUT2D eigenvalue weighted by atomic mass is 35.5. The largest absolute Gasteiger partial charge is 0.359 e. The molecule has 1 atom stereocenters. The maximum Gasteiger partial charge on any atom is 0.226 e. The molecular formula is C12H14Cl2O2. The van der Waals surface area contributed by atoms with Crippen LogP contribution in [0.4, 0.5) is 0 Å². The van der Waals surface area contributed by atoms with Crippen LogP contribution in [0, 0.1) is 6.92 Å². The minimum Gasteiger partial charge on any atom is -0.359 e. The first-order valence-corrected chi connectivity index (χ1v) is 6.03. The minimum atomic E-state index is -1.61. The van der Waals surface area contributed by atoms with Crippen LogP contribution in [0.25, 0.3) is 0 Å². The summed E-state index contributed by atoms with van der Waals surface area (Å²) in [7, 11) is 0. The molecule has 0 saturated carbocycles. The molecule has 2 nitrogen and oxygen atoms in total. The zero-order valence-corrected chi connectivity index (χ0v) is 10.6. The van der Waals surface area contributed by atoms with Crippen LogP contribution in [0.2, 0.25) is 0 Å². The molecule has 88 valence electrons. The van der Waals surface area contributed by atoms with Crippen molar-refractivity contribution in [2.75, 3.05) is 6.61 Å². The fourth-order valence-corrected chi connectivity index (χ4v) is 2.46. The molecule has 0 bridgehead atoms. The number of halogens is 2. The van der Waals surface area contributed by atoms with Crippen molar-refractivity contribution in [1.82, 2.24) is 0 Å². The fourth-order valence-electron chi connectivity index (χ4n) is 1.86. The van der Waals surface area contributed by atoms with Gasteiger partial charge in [-0.2, -0.15) is 0 Å². The van der Waals surface area contributed by atoms with Crippen molar-refractivity contribution in [1.29, 1.82) is 0 Å². The average molecular weight is 261 g/mol. The van der Waals surface area contributed by atoms with Crippen LogP contribution < -0.4 is 0 Å². The Balaban J connectivity index is 2.39. The highest BCUT2D eigenvalue weighted by Gasteiger charge is 2.52. The zero-order valence-electron chi connectivity index (χ0n) is 9.04. The monoisotopic (exact) mass is 260 g/mol. The predicted octanol–water partition coefficient (Wildman–Crippen LogP) is 3.12. The van der Waals surface area contributed by atoms with E-state index in [1.54, 1.807) is 12.1 Å². The maximum atomic E-state index is 10.5. The van der Waals surface area contributed by atoms with Crippen molar-refractivity contribution in [3.8, 4) is 0 Å². The molecule has 0 radical (unpaired) electrons. The number of rotatable bonds is 1. The molecule has 1 aromatic carbocycles. The topological polar surface area (TPSA) is 29.5 Å². The van der Waals surface area contributed by atoms with Crippen molar-refractivity contribution in [2.45, 2.75) is 29.9 Å². The quantitative estimate of drug-likeness (QED) is 0.787. The van der Waals surface area contributed by atoms with Crippen LogP contribution >= 0.6 is 23.2 Å². The van der Waals surface area contributed by atoms with Gasteiger partial charge < -0.3 is 9.84 Å². The molecule has 1 fully saturated rings. The first-order valence-electron chi connectivity index (χ1n) is 5.27. The van der Waals surface area contributed by atoms with E-state index in [1.165, 1.54) is 0 Å². The summed E-state index contributed by atoms with van der Waals surface area (Å²) < 4.78 is 4.11. The second kappa shape index (κ2) is 4.19. The van der Waals surface area contributed by atoms with E-state index in [2.05, 4.69) is 0 Å². The van der Waals surface area contributed by atoms with Crippen LogP contribution in [0.15, 0.2) is 24.3 Å². The Labute approximate surface area is 105 Å². The van der Waals surface area contributed by atoms with E-state index in [9.17, 15) is 5.11 Å². The van der Waals surface area contributed by atoms with Gasteiger partial charge >= 0.3 is 0 Å². The lowest BCUT2D eigenvalue weighted by Gasteiger charge is -2.42. The summed E-state index contributed by atoms with van der Waals surface area (Å²) >= 11 is 12.3. The lowest BCUT2D eigenvalue weighted by atomic mass is 9.95. The van der Waals surface area contributed by atoms with Gasteiger partial charge in [0.25, 0.3) is 0 Å². The third kappa shape index (κ3) is 1.95. The Morgan fingerprint density at radius 1 is 1.25 bits per heavy atom. The number of aliphatic hydroxyl groups is 1. The highest BCUT2D eigenvalue weighted by molar-refractivity contribution is 6.49. The highest BCUT2D eigenvalue weighted by Crippen LogP contribution is 2.48. The number of hydrogen-bond acceptors (Lipinski definition) is 2. The smallest absolute Gasteiger partial charge is 0.226 e. The SMILES string of the molecule is Cc1ccc(C2(O)OCCCC2(Cl)Cl)cc1. The van der Waals surface area contributed by atoms with Crippen molar-refractivity contribution >= 4 is 23.2 Å². The summed E-state index contributed by atoms with van der Waals surface area (Å²) in [5.41, 5.74) is 1.71. The molecule has 0 aromatic heterocycles. The molecule has 0 spiro atoms. The van der Waals surface area contributed by atoms with Gasteiger partial charge in [-0.25, -0.2) is 0 Å². The van der Waals surface area contributed by atoms with E-state index in [4.69, 9.17) is 27.9 Å². The van der Waals surface area contributed by atoms with Crippen LogP contribution in [0.5, 0.6) is 0 Å². The van der Waals surface area contributed by atoms with Gasteiger partial charge in [0.05, 0.1) is 6.61 Å². The van der Waals surface area contributed by atoms with Gasteiger partial charge in [-0.05, 0) is 19.8 Å². The number of ether oxygens (including phenoxy) is 1. The molecule has 1 heterocycles. The van der Waals surface area contributed by atoms with Crippen LogP contribution in [0.3, 0.4) is 0 Å². The zero-order chi connectivity index (χ0) is 11.8. The molecule has 1 saturated heterocycles. The molecule has 1 aromatic rings. The Morgan fingerprint density at radius 2 is 1.88 bits per heavy atom. The normalized spacial score (nSPS) is 29.0. The van der Waals surface area contributed by atoms with Crippen LogP contribution in [-0.2, 0) is 10.5 Å².